The van der Waals surface area contributed by atoms with Crippen LogP contribution in [0, 0.1) is 11.2 Å². The minimum Gasteiger partial charge on any atom is -0.447 e. The van der Waals surface area contributed by atoms with Crippen LogP contribution in [0.25, 0.3) is 16.1 Å². The highest BCUT2D eigenvalue weighted by atomic mass is 35.5. The topological polar surface area (TPSA) is 141 Å². The molecule has 19 heteroatoms. The average Bonchev–Trinajstić information content (AvgIpc) is 3.43. The summed E-state index contributed by atoms with van der Waals surface area (Å²) in [7, 11) is 0. The second-order valence-electron chi connectivity index (χ2n) is 13.1. The molecule has 1 atom stereocenters. The minimum absolute atomic E-state index is 0.0314. The van der Waals surface area contributed by atoms with Gasteiger partial charge in [0.15, 0.2) is 11.8 Å². The van der Waals surface area contributed by atoms with Gasteiger partial charge < -0.3 is 15.8 Å². The van der Waals surface area contributed by atoms with Crippen LogP contribution < -0.4 is 11.1 Å². The lowest BCUT2D eigenvalue weighted by Gasteiger charge is -2.32. The molecule has 1 aliphatic carbocycles. The summed E-state index contributed by atoms with van der Waals surface area (Å²) in [5.74, 6) is -3.23. The molecule has 1 aliphatic rings. The summed E-state index contributed by atoms with van der Waals surface area (Å²) in [4.78, 5) is 40.6. The number of ether oxygens (including phenoxy) is 1. The summed E-state index contributed by atoms with van der Waals surface area (Å²) in [6.07, 6.45) is -7.14. The van der Waals surface area contributed by atoms with Crippen LogP contribution in [0.3, 0.4) is 0 Å². The summed E-state index contributed by atoms with van der Waals surface area (Å²) in [6.45, 7) is 5.07. The van der Waals surface area contributed by atoms with Crippen LogP contribution in [0.4, 0.5) is 31.1 Å². The van der Waals surface area contributed by atoms with Crippen LogP contribution in [-0.2, 0) is 4.74 Å². The SMILES string of the molecule is CC(C)(C)CCN=C(N)N(C(=O)c1ccc(-c2cncs2)cc1F)[C@H](COC(=O)NC1(C(F)(F)F)CC1)c1ccc(Cl)c(-n2ncnc2C(F)F)c1. The maximum Gasteiger partial charge on any atom is 0.411 e. The molecule has 2 heterocycles. The number of carbonyl (C=O) groups excluding carboxylic acids is 2. The molecule has 2 aromatic heterocycles. The summed E-state index contributed by atoms with van der Waals surface area (Å²) in [5.41, 5.74) is 5.15. The van der Waals surface area contributed by atoms with Gasteiger partial charge in [-0.15, -0.1) is 11.3 Å². The number of halogens is 7. The van der Waals surface area contributed by atoms with Crippen molar-refractivity contribution in [3.05, 3.63) is 82.2 Å². The van der Waals surface area contributed by atoms with E-state index in [9.17, 15) is 31.5 Å². The lowest BCUT2D eigenvalue weighted by Crippen LogP contribution is -2.49. The Balaban J connectivity index is 1.61. The Hall–Kier alpha value is -4.71. The molecule has 278 valence electrons. The largest absolute Gasteiger partial charge is 0.447 e. The second kappa shape index (κ2) is 15.1. The van der Waals surface area contributed by atoms with E-state index in [2.05, 4.69) is 20.1 Å². The number of thiazole rings is 1. The highest BCUT2D eigenvalue weighted by Crippen LogP contribution is 2.49. The van der Waals surface area contributed by atoms with Crippen molar-refractivity contribution in [3.8, 4) is 16.1 Å². The van der Waals surface area contributed by atoms with E-state index in [4.69, 9.17) is 22.1 Å². The van der Waals surface area contributed by atoms with Crippen LogP contribution in [-0.4, -0.2) is 67.5 Å². The van der Waals surface area contributed by atoms with Crippen molar-refractivity contribution < 1.29 is 40.7 Å². The van der Waals surface area contributed by atoms with Gasteiger partial charge in [0.05, 0.1) is 32.7 Å². The number of aromatic nitrogens is 4. The minimum atomic E-state index is -4.76. The highest BCUT2D eigenvalue weighted by Gasteiger charge is 2.64. The average molecular weight is 771 g/mol. The van der Waals surface area contributed by atoms with Gasteiger partial charge in [0.25, 0.3) is 12.3 Å². The normalized spacial score (nSPS) is 15.0. The molecule has 1 saturated carbocycles. The molecule has 2 amide bonds. The van der Waals surface area contributed by atoms with E-state index in [1.54, 1.807) is 5.51 Å². The van der Waals surface area contributed by atoms with Gasteiger partial charge in [-0.05, 0) is 60.1 Å². The molecule has 3 N–H and O–H groups in total. The maximum absolute atomic E-state index is 15.8. The molecule has 11 nitrogen and oxygen atoms in total. The van der Waals surface area contributed by atoms with Crippen LogP contribution in [0.1, 0.15) is 74.2 Å². The smallest absolute Gasteiger partial charge is 0.411 e. The molecule has 0 saturated heterocycles. The number of amides is 2. The van der Waals surface area contributed by atoms with E-state index >= 15 is 4.39 Å². The Labute approximate surface area is 302 Å². The number of guanidine groups is 1. The lowest BCUT2D eigenvalue weighted by molar-refractivity contribution is -0.164. The lowest BCUT2D eigenvalue weighted by atomic mass is 9.92. The van der Waals surface area contributed by atoms with Crippen LogP contribution in [0.5, 0.6) is 0 Å². The third-order valence-corrected chi connectivity index (χ3v) is 9.33. The predicted molar refractivity (Wildman–Crippen MR) is 181 cm³/mol. The zero-order valence-corrected chi connectivity index (χ0v) is 29.5. The van der Waals surface area contributed by atoms with E-state index in [-0.39, 0.29) is 41.1 Å². The van der Waals surface area contributed by atoms with Crippen molar-refractivity contribution >= 4 is 40.9 Å². The Morgan fingerprint density at radius 3 is 2.50 bits per heavy atom. The third kappa shape index (κ3) is 8.66. The van der Waals surface area contributed by atoms with Gasteiger partial charge in [-0.3, -0.25) is 19.7 Å². The second-order valence-corrected chi connectivity index (χ2v) is 14.4. The number of benzene rings is 2. The molecule has 0 unspecified atom stereocenters. The Morgan fingerprint density at radius 1 is 1.17 bits per heavy atom. The predicted octanol–water partition coefficient (Wildman–Crippen LogP) is 7.88. The third-order valence-electron chi connectivity index (χ3n) is 8.19. The Kier molecular flexibility index (Phi) is 11.2. The monoisotopic (exact) mass is 770 g/mol. The number of hydrogen-bond acceptors (Lipinski definition) is 8. The number of rotatable bonds is 11. The zero-order valence-electron chi connectivity index (χ0n) is 27.9. The molecule has 4 aromatic rings. The number of nitrogens with one attached hydrogen (secondary N) is 1. The maximum atomic E-state index is 15.8. The molecule has 0 aliphatic heterocycles. The molecule has 0 radical (unpaired) electrons. The van der Waals surface area contributed by atoms with Gasteiger partial charge in [0.1, 0.15) is 24.3 Å². The number of alkyl halides is 5. The van der Waals surface area contributed by atoms with Crippen molar-refractivity contribution in [2.75, 3.05) is 13.2 Å². The van der Waals surface area contributed by atoms with Gasteiger partial charge in [-0.1, -0.05) is 44.5 Å². The molecule has 0 spiro atoms. The van der Waals surface area contributed by atoms with E-state index < -0.39 is 66.0 Å². The molecular weight excluding hydrogens is 738 g/mol. The summed E-state index contributed by atoms with van der Waals surface area (Å²) in [6, 6.07) is 6.15. The van der Waals surface area contributed by atoms with Crippen LogP contribution in [0.15, 0.2) is 59.4 Å². The number of aliphatic imine (C=N–C) groups is 1. The fraction of sp³-hybridized carbons (Fsp3) is 0.394. The van der Waals surface area contributed by atoms with Gasteiger partial charge in [-0.25, -0.2) is 27.6 Å². The van der Waals surface area contributed by atoms with Gasteiger partial charge in [0, 0.05) is 12.7 Å². The van der Waals surface area contributed by atoms with Crippen molar-refractivity contribution in [1.82, 2.24) is 30.0 Å². The Morgan fingerprint density at radius 2 is 1.90 bits per heavy atom. The molecule has 52 heavy (non-hydrogen) atoms. The van der Waals surface area contributed by atoms with E-state index in [0.717, 1.165) is 22.0 Å². The zero-order chi connectivity index (χ0) is 38.0. The summed E-state index contributed by atoms with van der Waals surface area (Å²) >= 11 is 7.63. The number of carbonyl (C=O) groups is 2. The van der Waals surface area contributed by atoms with E-state index in [0.29, 0.717) is 16.9 Å². The molecule has 0 bridgehead atoms. The fourth-order valence-electron chi connectivity index (χ4n) is 5.11. The molecule has 1 fully saturated rings. The van der Waals surface area contributed by atoms with Gasteiger partial charge >= 0.3 is 12.3 Å². The quantitative estimate of drug-likeness (QED) is 0.0899. The highest BCUT2D eigenvalue weighted by molar-refractivity contribution is 7.13. The first-order valence-corrected chi connectivity index (χ1v) is 17.0. The fourth-order valence-corrected chi connectivity index (χ4v) is 5.93. The number of nitrogens with two attached hydrogens (primary N) is 1. The van der Waals surface area contributed by atoms with E-state index in [1.165, 1.54) is 47.9 Å². The first kappa shape index (κ1) is 38.5. The van der Waals surface area contributed by atoms with Gasteiger partial charge in [-0.2, -0.15) is 18.3 Å². The first-order chi connectivity index (χ1) is 24.4. The summed E-state index contributed by atoms with van der Waals surface area (Å²) in [5, 5.41) is 5.60. The van der Waals surface area contributed by atoms with E-state index in [1.807, 2.05) is 26.1 Å². The molecular formula is C33H33ClF6N8O3S. The van der Waals surface area contributed by atoms with Crippen molar-refractivity contribution in [3.63, 3.8) is 0 Å². The first-order valence-electron chi connectivity index (χ1n) is 15.7. The number of alkyl carbamates (subject to hydrolysis) is 1. The van der Waals surface area contributed by atoms with Gasteiger partial charge in [0.2, 0.25) is 0 Å². The van der Waals surface area contributed by atoms with Crippen molar-refractivity contribution in [1.29, 1.82) is 0 Å². The van der Waals surface area contributed by atoms with Crippen LogP contribution in [0.2, 0.25) is 5.02 Å². The number of hydrogen-bond donors (Lipinski definition) is 2. The molecule has 5 rings (SSSR count). The standard InChI is InChI=1S/C33H33ClF6N8O3S/c1-31(2,3)10-11-43-29(41)47(28(49)20-6-4-19(12-22(20)35)25-14-42-17-52-25)24(15-51-30(50)46-32(8-9-32)33(38,39)40)18-5-7-21(34)23(13-18)48-27(26(36)37)44-16-45-48/h4-7,12-14,16-17,24,26H,8-11,15H2,1-3H3,(H2,41,43)(H,46,50)/t24-/m1/s1. The van der Waals surface area contributed by atoms with Crippen molar-refractivity contribution in [2.24, 2.45) is 16.1 Å². The van der Waals surface area contributed by atoms with Crippen molar-refractivity contribution in [2.45, 2.75) is 64.2 Å². The molecule has 2 aromatic carbocycles. The van der Waals surface area contributed by atoms with Crippen LogP contribution >= 0.6 is 22.9 Å². The number of nitrogens with zero attached hydrogens (tertiary/aromatic N) is 6. The summed E-state index contributed by atoms with van der Waals surface area (Å²) < 4.78 is 90.4. The Bertz CT molecular complexity index is 1940.